The van der Waals surface area contributed by atoms with E-state index in [1.165, 1.54) is 18.1 Å². The van der Waals surface area contributed by atoms with Crippen LogP contribution in [-0.4, -0.2) is 57.1 Å². The van der Waals surface area contributed by atoms with E-state index in [2.05, 4.69) is 25.3 Å². The van der Waals surface area contributed by atoms with Crippen LogP contribution in [0.1, 0.15) is 13.3 Å². The van der Waals surface area contributed by atoms with Gasteiger partial charge in [-0.1, -0.05) is 11.8 Å². The van der Waals surface area contributed by atoms with Crippen LogP contribution in [0.4, 0.5) is 0 Å². The zero-order valence-electron chi connectivity index (χ0n) is 12.1. The molecule has 2 aromatic rings. The molecule has 0 unspecified atom stereocenters. The molecule has 1 aliphatic rings. The Balaban J connectivity index is 1.69. The van der Waals surface area contributed by atoms with Gasteiger partial charge in [-0.3, -0.25) is 4.79 Å². The summed E-state index contributed by atoms with van der Waals surface area (Å²) in [5.41, 5.74) is 1.05. The molecule has 1 saturated heterocycles. The molecule has 1 amide bonds. The maximum Gasteiger partial charge on any atom is 0.233 e. The van der Waals surface area contributed by atoms with Crippen molar-refractivity contribution in [2.45, 2.75) is 29.7 Å². The number of halogens is 1. The van der Waals surface area contributed by atoms with Crippen molar-refractivity contribution in [2.75, 3.05) is 11.5 Å². The molecule has 2 atom stereocenters. The monoisotopic (exact) mass is 375 g/mol. The van der Waals surface area contributed by atoms with Gasteiger partial charge in [-0.25, -0.2) is 18.4 Å². The Morgan fingerprint density at radius 1 is 1.52 bits per heavy atom. The number of aromatic nitrogens is 4. The lowest BCUT2D eigenvalue weighted by atomic mass is 10.2. The highest BCUT2D eigenvalue weighted by atomic mass is 35.5. The molecule has 0 saturated carbocycles. The number of hydrogen-bond acceptors (Lipinski definition) is 7. The first-order chi connectivity index (χ1) is 10.8. The lowest BCUT2D eigenvalue weighted by Gasteiger charge is -2.15. The first-order valence-corrected chi connectivity index (χ1v) is 9.96. The van der Waals surface area contributed by atoms with Crippen molar-refractivity contribution in [3.8, 4) is 0 Å². The van der Waals surface area contributed by atoms with Crippen molar-refractivity contribution < 1.29 is 13.2 Å². The van der Waals surface area contributed by atoms with Gasteiger partial charge < -0.3 is 10.3 Å². The minimum Gasteiger partial charge on any atom is -0.351 e. The summed E-state index contributed by atoms with van der Waals surface area (Å²) in [6, 6.07) is -0.322. The van der Waals surface area contributed by atoms with Crippen molar-refractivity contribution >= 4 is 50.3 Å². The molecule has 2 aromatic heterocycles. The fraction of sp³-hybridized carbons (Fsp3) is 0.500. The molecule has 8 nitrogen and oxygen atoms in total. The summed E-state index contributed by atoms with van der Waals surface area (Å²) in [6.45, 7) is 1.72. The Morgan fingerprint density at radius 3 is 3.00 bits per heavy atom. The van der Waals surface area contributed by atoms with Crippen LogP contribution in [0.2, 0.25) is 5.28 Å². The standard InChI is InChI=1S/C12H14ClN5O3S2/c1-6(10(19)16-7-2-3-23(20,21)4-7)22-11-8-9(15-5-14-8)17-12(13)18-11/h5-7H,2-4H2,1H3,(H,16,19)(H,14,15,17,18)/t6-,7+/m1/s1. The van der Waals surface area contributed by atoms with Crippen molar-refractivity contribution in [2.24, 2.45) is 0 Å². The van der Waals surface area contributed by atoms with E-state index in [-0.39, 0.29) is 28.7 Å². The van der Waals surface area contributed by atoms with Gasteiger partial charge in [0.1, 0.15) is 10.5 Å². The third kappa shape index (κ3) is 3.75. The molecule has 3 heterocycles. The predicted molar refractivity (Wildman–Crippen MR) is 87.2 cm³/mol. The van der Waals surface area contributed by atoms with E-state index in [1.807, 2.05) is 0 Å². The van der Waals surface area contributed by atoms with Gasteiger partial charge in [0.2, 0.25) is 11.2 Å². The number of imidazole rings is 1. The van der Waals surface area contributed by atoms with Gasteiger partial charge in [0.05, 0.1) is 23.1 Å². The minimum atomic E-state index is -3.03. The minimum absolute atomic E-state index is 0.000253. The maximum absolute atomic E-state index is 12.2. The molecule has 11 heteroatoms. The maximum atomic E-state index is 12.2. The summed E-state index contributed by atoms with van der Waals surface area (Å²) in [5.74, 6) is -0.116. The Bertz CT molecular complexity index is 853. The zero-order valence-corrected chi connectivity index (χ0v) is 14.5. The number of hydrogen-bond donors (Lipinski definition) is 2. The predicted octanol–water partition coefficient (Wildman–Crippen LogP) is 0.790. The van der Waals surface area contributed by atoms with Crippen molar-refractivity contribution in [3.05, 3.63) is 11.6 Å². The largest absolute Gasteiger partial charge is 0.351 e. The lowest BCUT2D eigenvalue weighted by molar-refractivity contribution is -0.120. The van der Waals surface area contributed by atoms with Crippen LogP contribution in [0.3, 0.4) is 0 Å². The molecule has 3 rings (SSSR count). The quantitative estimate of drug-likeness (QED) is 0.460. The number of thioether (sulfide) groups is 1. The van der Waals surface area contributed by atoms with Gasteiger partial charge in [0.25, 0.3) is 0 Å². The summed E-state index contributed by atoms with van der Waals surface area (Å²) >= 11 is 7.07. The summed E-state index contributed by atoms with van der Waals surface area (Å²) < 4.78 is 22.9. The van der Waals surface area contributed by atoms with E-state index in [4.69, 9.17) is 11.6 Å². The number of carbonyl (C=O) groups excluding carboxylic acids is 1. The van der Waals surface area contributed by atoms with Gasteiger partial charge in [-0.2, -0.15) is 4.98 Å². The third-order valence-electron chi connectivity index (χ3n) is 3.46. The molecule has 1 aliphatic heterocycles. The highest BCUT2D eigenvalue weighted by molar-refractivity contribution is 8.00. The van der Waals surface area contributed by atoms with Gasteiger partial charge in [-0.15, -0.1) is 0 Å². The first kappa shape index (κ1) is 16.5. The van der Waals surface area contributed by atoms with Crippen LogP contribution in [0.5, 0.6) is 0 Å². The number of fused-ring (bicyclic) bond motifs is 1. The summed E-state index contributed by atoms with van der Waals surface area (Å²) in [6.07, 6.45) is 1.93. The van der Waals surface area contributed by atoms with Gasteiger partial charge in [0.15, 0.2) is 15.5 Å². The van der Waals surface area contributed by atoms with Crippen LogP contribution in [0.15, 0.2) is 11.4 Å². The molecule has 0 aromatic carbocycles. The Kier molecular flexibility index (Phi) is 4.47. The van der Waals surface area contributed by atoms with Crippen LogP contribution >= 0.6 is 23.4 Å². The average molecular weight is 376 g/mol. The molecule has 0 aliphatic carbocycles. The second-order valence-electron chi connectivity index (χ2n) is 5.27. The number of carbonyl (C=O) groups is 1. The van der Waals surface area contributed by atoms with Crippen molar-refractivity contribution in [1.82, 2.24) is 25.3 Å². The number of aromatic amines is 1. The van der Waals surface area contributed by atoms with E-state index >= 15 is 0 Å². The Hall–Kier alpha value is -1.39. The van der Waals surface area contributed by atoms with Crippen LogP contribution in [0, 0.1) is 0 Å². The second kappa shape index (κ2) is 6.25. The van der Waals surface area contributed by atoms with Gasteiger partial charge in [0, 0.05) is 6.04 Å². The average Bonchev–Trinajstić information content (AvgIpc) is 3.04. The fourth-order valence-electron chi connectivity index (χ4n) is 2.31. The number of H-pyrrole nitrogens is 1. The van der Waals surface area contributed by atoms with E-state index in [0.717, 1.165) is 0 Å². The third-order valence-corrected chi connectivity index (χ3v) is 6.48. The molecule has 0 bridgehead atoms. The molecular weight excluding hydrogens is 362 g/mol. The fourth-order valence-corrected chi connectivity index (χ4v) is 5.12. The number of amides is 1. The summed E-state index contributed by atoms with van der Waals surface area (Å²) in [7, 11) is -3.03. The molecular formula is C12H14ClN5O3S2. The number of nitrogens with one attached hydrogen (secondary N) is 2. The number of rotatable bonds is 4. The SMILES string of the molecule is C[C@@H](Sc1nc(Cl)nc2nc[nH]c12)C(=O)N[C@H]1CCS(=O)(=O)C1. The normalized spacial score (nSPS) is 21.4. The van der Waals surface area contributed by atoms with Crippen molar-refractivity contribution in [1.29, 1.82) is 0 Å². The summed E-state index contributed by atoms with van der Waals surface area (Å²) in [5, 5.41) is 2.89. The van der Waals surface area contributed by atoms with E-state index < -0.39 is 15.1 Å². The Labute approximate surface area is 141 Å². The Morgan fingerprint density at radius 2 is 2.30 bits per heavy atom. The second-order valence-corrected chi connectivity index (χ2v) is 9.16. The van der Waals surface area contributed by atoms with E-state index in [9.17, 15) is 13.2 Å². The molecule has 2 N–H and O–H groups in total. The van der Waals surface area contributed by atoms with Gasteiger partial charge >= 0.3 is 0 Å². The topological polar surface area (TPSA) is 118 Å². The lowest BCUT2D eigenvalue weighted by Crippen LogP contribution is -2.39. The van der Waals surface area contributed by atoms with E-state index in [1.54, 1.807) is 6.92 Å². The van der Waals surface area contributed by atoms with Crippen LogP contribution < -0.4 is 5.32 Å². The number of sulfone groups is 1. The molecule has 124 valence electrons. The first-order valence-electron chi connectivity index (χ1n) is 6.88. The van der Waals surface area contributed by atoms with E-state index in [0.29, 0.717) is 22.6 Å². The van der Waals surface area contributed by atoms with Crippen LogP contribution in [-0.2, 0) is 14.6 Å². The highest BCUT2D eigenvalue weighted by Gasteiger charge is 2.30. The zero-order chi connectivity index (χ0) is 16.6. The van der Waals surface area contributed by atoms with Crippen LogP contribution in [0.25, 0.3) is 11.2 Å². The van der Waals surface area contributed by atoms with Gasteiger partial charge in [-0.05, 0) is 24.9 Å². The molecule has 23 heavy (non-hydrogen) atoms. The van der Waals surface area contributed by atoms with Crippen molar-refractivity contribution in [3.63, 3.8) is 0 Å². The highest BCUT2D eigenvalue weighted by Crippen LogP contribution is 2.28. The molecule has 0 radical (unpaired) electrons. The summed E-state index contributed by atoms with van der Waals surface area (Å²) in [4.78, 5) is 27.3. The molecule has 0 spiro atoms. The smallest absolute Gasteiger partial charge is 0.233 e. The molecule has 1 fully saturated rings. The number of nitrogens with zero attached hydrogens (tertiary/aromatic N) is 3.